The first-order chi connectivity index (χ1) is 9.16. The highest BCUT2D eigenvalue weighted by Gasteiger charge is 2.15. The molecular weight excluding hydrogens is 247 g/mol. The lowest BCUT2D eigenvalue weighted by Gasteiger charge is -1.99. The number of fused-ring (bicyclic) bond motifs is 1. The molecule has 1 heterocycles. The number of furan rings is 1. The van der Waals surface area contributed by atoms with E-state index >= 15 is 0 Å². The molecule has 4 heteroatoms. The molecule has 0 saturated carbocycles. The quantitative estimate of drug-likeness (QED) is 0.755. The van der Waals surface area contributed by atoms with Crippen molar-refractivity contribution in [3.8, 4) is 11.1 Å². The van der Waals surface area contributed by atoms with Gasteiger partial charge in [-0.15, -0.1) is 0 Å². The van der Waals surface area contributed by atoms with E-state index in [0.717, 1.165) is 11.1 Å². The van der Waals surface area contributed by atoms with Crippen molar-refractivity contribution in [2.75, 3.05) is 0 Å². The van der Waals surface area contributed by atoms with Gasteiger partial charge in [0.2, 0.25) is 0 Å². The molecule has 1 aromatic heterocycles. The molecule has 0 saturated heterocycles. The molecule has 0 aliphatic carbocycles. The van der Waals surface area contributed by atoms with E-state index in [4.69, 9.17) is 9.52 Å². The molecule has 0 spiro atoms. The number of hydrogen-bond donors (Lipinski definition) is 1. The predicted octanol–water partition coefficient (Wildman–Crippen LogP) is 3.94. The average Bonchev–Trinajstić information content (AvgIpc) is 2.83. The Labute approximate surface area is 107 Å². The van der Waals surface area contributed by atoms with Crippen molar-refractivity contribution in [3.05, 3.63) is 60.1 Å². The summed E-state index contributed by atoms with van der Waals surface area (Å²) in [5, 5.41) is 9.79. The fraction of sp³-hybridized carbons (Fsp3) is 0. The summed E-state index contributed by atoms with van der Waals surface area (Å²) in [7, 11) is 0. The molecule has 1 N–H and O–H groups in total. The smallest absolute Gasteiger partial charge is 0.339 e. The number of carboxylic acids is 1. The van der Waals surface area contributed by atoms with Crippen LogP contribution in [0, 0.1) is 5.82 Å². The minimum atomic E-state index is -1.04. The number of benzene rings is 2. The molecule has 0 radical (unpaired) electrons. The largest absolute Gasteiger partial charge is 0.478 e. The number of carbonyl (C=O) groups is 1. The van der Waals surface area contributed by atoms with Crippen LogP contribution in [0.15, 0.2) is 53.1 Å². The van der Waals surface area contributed by atoms with E-state index in [1.165, 1.54) is 24.5 Å². The van der Waals surface area contributed by atoms with Gasteiger partial charge in [-0.25, -0.2) is 9.18 Å². The molecule has 0 bridgehead atoms. The van der Waals surface area contributed by atoms with Gasteiger partial charge in [0.1, 0.15) is 17.0 Å². The van der Waals surface area contributed by atoms with Crippen LogP contribution in [0.5, 0.6) is 0 Å². The Morgan fingerprint density at radius 2 is 1.84 bits per heavy atom. The highest BCUT2D eigenvalue weighted by atomic mass is 19.1. The number of rotatable bonds is 2. The van der Waals surface area contributed by atoms with Gasteiger partial charge in [-0.2, -0.15) is 0 Å². The summed E-state index contributed by atoms with van der Waals surface area (Å²) in [6.45, 7) is 0. The molecule has 0 amide bonds. The number of hydrogen-bond acceptors (Lipinski definition) is 2. The van der Waals surface area contributed by atoms with Crippen LogP contribution in [0.1, 0.15) is 10.4 Å². The van der Waals surface area contributed by atoms with E-state index in [9.17, 15) is 9.18 Å². The Morgan fingerprint density at radius 1 is 1.11 bits per heavy atom. The molecular formula is C15H9FO3. The summed E-state index contributed by atoms with van der Waals surface area (Å²) < 4.78 is 18.3. The van der Waals surface area contributed by atoms with Crippen LogP contribution in [0.25, 0.3) is 22.1 Å². The van der Waals surface area contributed by atoms with Crippen LogP contribution in [0.4, 0.5) is 4.39 Å². The third kappa shape index (κ3) is 1.87. The average molecular weight is 256 g/mol. The summed E-state index contributed by atoms with van der Waals surface area (Å²) in [5.41, 5.74) is 1.97. The van der Waals surface area contributed by atoms with Gasteiger partial charge in [0.15, 0.2) is 0 Å². The molecule has 94 valence electrons. The van der Waals surface area contributed by atoms with Gasteiger partial charge in [0.25, 0.3) is 0 Å². The van der Waals surface area contributed by atoms with Gasteiger partial charge in [-0.1, -0.05) is 24.3 Å². The van der Waals surface area contributed by atoms with Crippen LogP contribution in [-0.4, -0.2) is 11.1 Å². The van der Waals surface area contributed by atoms with Crippen molar-refractivity contribution in [1.82, 2.24) is 0 Å². The minimum absolute atomic E-state index is 0.117. The zero-order valence-electron chi connectivity index (χ0n) is 9.76. The van der Waals surface area contributed by atoms with Crippen molar-refractivity contribution < 1.29 is 18.7 Å². The first-order valence-electron chi connectivity index (χ1n) is 5.66. The predicted molar refractivity (Wildman–Crippen MR) is 68.6 cm³/mol. The Kier molecular flexibility index (Phi) is 2.56. The number of aromatic carboxylic acids is 1. The van der Waals surface area contributed by atoms with Gasteiger partial charge >= 0.3 is 5.97 Å². The zero-order chi connectivity index (χ0) is 13.4. The van der Waals surface area contributed by atoms with Gasteiger partial charge in [-0.05, 0) is 23.8 Å². The van der Waals surface area contributed by atoms with Crippen molar-refractivity contribution in [1.29, 1.82) is 0 Å². The van der Waals surface area contributed by atoms with Crippen molar-refractivity contribution >= 4 is 16.9 Å². The van der Waals surface area contributed by atoms with E-state index in [1.54, 1.807) is 24.3 Å². The van der Waals surface area contributed by atoms with Crippen LogP contribution in [-0.2, 0) is 0 Å². The van der Waals surface area contributed by atoms with E-state index in [0.29, 0.717) is 11.0 Å². The first kappa shape index (κ1) is 11.5. The molecule has 3 rings (SSSR count). The second-order valence-corrected chi connectivity index (χ2v) is 4.14. The van der Waals surface area contributed by atoms with Gasteiger partial charge in [0, 0.05) is 10.9 Å². The van der Waals surface area contributed by atoms with Gasteiger partial charge in [0.05, 0.1) is 6.26 Å². The summed E-state index contributed by atoms with van der Waals surface area (Å²) in [6, 6.07) is 10.9. The third-order valence-electron chi connectivity index (χ3n) is 2.99. The molecule has 0 aliphatic rings. The second kappa shape index (κ2) is 4.24. The summed E-state index contributed by atoms with van der Waals surface area (Å²) in [5.74, 6) is -1.35. The molecule has 3 nitrogen and oxygen atoms in total. The Bertz CT molecular complexity index is 757. The molecule has 19 heavy (non-hydrogen) atoms. The zero-order valence-corrected chi connectivity index (χ0v) is 9.76. The molecule has 0 atom stereocenters. The third-order valence-corrected chi connectivity index (χ3v) is 2.99. The first-order valence-corrected chi connectivity index (χ1v) is 5.66. The lowest BCUT2D eigenvalue weighted by molar-refractivity contribution is 0.0698. The fourth-order valence-corrected chi connectivity index (χ4v) is 2.08. The highest BCUT2D eigenvalue weighted by Crippen LogP contribution is 2.32. The Hall–Kier alpha value is -2.62. The molecule has 0 fully saturated rings. The SMILES string of the molecule is O=C(O)c1cccc2c(-c3ccc(F)cc3)coc12. The molecule has 0 aliphatic heterocycles. The van der Waals surface area contributed by atoms with Crippen LogP contribution >= 0.6 is 0 Å². The van der Waals surface area contributed by atoms with Crippen molar-refractivity contribution in [3.63, 3.8) is 0 Å². The molecule has 0 unspecified atom stereocenters. The standard InChI is InChI=1S/C15H9FO3/c16-10-6-4-9(5-7-10)13-8-19-14-11(13)2-1-3-12(14)15(17)18/h1-8H,(H,17,18). The van der Waals surface area contributed by atoms with E-state index < -0.39 is 5.97 Å². The van der Waals surface area contributed by atoms with E-state index in [2.05, 4.69) is 0 Å². The fourth-order valence-electron chi connectivity index (χ4n) is 2.08. The lowest BCUT2D eigenvalue weighted by atomic mass is 10.0. The Morgan fingerprint density at radius 3 is 2.53 bits per heavy atom. The number of para-hydroxylation sites is 1. The van der Waals surface area contributed by atoms with Crippen LogP contribution in [0.3, 0.4) is 0 Å². The second-order valence-electron chi connectivity index (χ2n) is 4.14. The van der Waals surface area contributed by atoms with Gasteiger partial charge < -0.3 is 9.52 Å². The lowest BCUT2D eigenvalue weighted by Crippen LogP contribution is -1.95. The normalized spacial score (nSPS) is 10.8. The number of halogens is 1. The van der Waals surface area contributed by atoms with E-state index in [1.807, 2.05) is 0 Å². The summed E-state index contributed by atoms with van der Waals surface area (Å²) in [4.78, 5) is 11.1. The molecule has 3 aromatic rings. The maximum Gasteiger partial charge on any atom is 0.339 e. The maximum atomic E-state index is 12.9. The monoisotopic (exact) mass is 256 g/mol. The van der Waals surface area contributed by atoms with Crippen molar-refractivity contribution in [2.45, 2.75) is 0 Å². The maximum absolute atomic E-state index is 12.9. The van der Waals surface area contributed by atoms with Crippen LogP contribution in [0.2, 0.25) is 0 Å². The van der Waals surface area contributed by atoms with Crippen LogP contribution < -0.4 is 0 Å². The number of carboxylic acid groups (broad SMARTS) is 1. The van der Waals surface area contributed by atoms with E-state index in [-0.39, 0.29) is 11.4 Å². The minimum Gasteiger partial charge on any atom is -0.478 e. The summed E-state index contributed by atoms with van der Waals surface area (Å²) in [6.07, 6.45) is 1.49. The highest BCUT2D eigenvalue weighted by molar-refractivity contribution is 6.05. The molecule has 2 aromatic carbocycles. The topological polar surface area (TPSA) is 50.4 Å². The summed E-state index contributed by atoms with van der Waals surface area (Å²) >= 11 is 0. The Balaban J connectivity index is 2.24. The van der Waals surface area contributed by atoms with Gasteiger partial charge in [-0.3, -0.25) is 0 Å². The van der Waals surface area contributed by atoms with Crippen molar-refractivity contribution in [2.24, 2.45) is 0 Å².